The normalized spacial score (nSPS) is 33.3. The number of rotatable bonds is 2. The van der Waals surface area contributed by atoms with Crippen molar-refractivity contribution in [2.75, 3.05) is 19.0 Å². The van der Waals surface area contributed by atoms with Gasteiger partial charge in [0, 0.05) is 35.8 Å². The maximum absolute atomic E-state index is 12.0. The van der Waals surface area contributed by atoms with Crippen molar-refractivity contribution in [3.8, 4) is 0 Å². The van der Waals surface area contributed by atoms with Gasteiger partial charge in [0.15, 0.2) is 0 Å². The van der Waals surface area contributed by atoms with Crippen molar-refractivity contribution in [2.45, 2.75) is 35.5 Å². The Balaban J connectivity index is 1.62. The molecular formula is C19H22N2OS2. The lowest BCUT2D eigenvalue weighted by Crippen LogP contribution is -2.33. The number of hydrogen-bond acceptors (Lipinski definition) is 4. The van der Waals surface area contributed by atoms with Crippen LogP contribution in [0.5, 0.6) is 0 Å². The van der Waals surface area contributed by atoms with Gasteiger partial charge in [0.1, 0.15) is 0 Å². The second kappa shape index (κ2) is 5.40. The monoisotopic (exact) mass is 358 g/mol. The minimum absolute atomic E-state index is 0.106. The highest BCUT2D eigenvalue weighted by Gasteiger charge is 2.54. The van der Waals surface area contributed by atoms with Gasteiger partial charge < -0.3 is 9.88 Å². The van der Waals surface area contributed by atoms with E-state index in [2.05, 4.69) is 48.2 Å². The first-order valence-electron chi connectivity index (χ1n) is 8.79. The van der Waals surface area contributed by atoms with Crippen molar-refractivity contribution in [3.05, 3.63) is 44.4 Å². The molecule has 5 atom stereocenters. The van der Waals surface area contributed by atoms with Crippen LogP contribution in [0.15, 0.2) is 34.1 Å². The Morgan fingerprint density at radius 3 is 2.62 bits per heavy atom. The van der Waals surface area contributed by atoms with Crippen LogP contribution in [0.25, 0.3) is 0 Å². The highest BCUT2D eigenvalue weighted by atomic mass is 32.2. The molecule has 5 heteroatoms. The minimum atomic E-state index is 0.106. The maximum atomic E-state index is 12.0. The zero-order chi connectivity index (χ0) is 16.4. The van der Waals surface area contributed by atoms with E-state index in [0.717, 1.165) is 16.9 Å². The summed E-state index contributed by atoms with van der Waals surface area (Å²) in [6, 6.07) is 9.00. The second-order valence-corrected chi connectivity index (χ2v) is 9.87. The maximum Gasteiger partial charge on any atom is 0.305 e. The van der Waals surface area contributed by atoms with Gasteiger partial charge in [-0.3, -0.25) is 4.79 Å². The zero-order valence-electron chi connectivity index (χ0n) is 14.0. The van der Waals surface area contributed by atoms with E-state index in [1.54, 1.807) is 0 Å². The predicted octanol–water partition coefficient (Wildman–Crippen LogP) is 4.15. The molecule has 0 saturated heterocycles. The number of aromatic nitrogens is 1. The summed E-state index contributed by atoms with van der Waals surface area (Å²) in [5.41, 5.74) is 2.62. The van der Waals surface area contributed by atoms with Crippen molar-refractivity contribution in [3.63, 3.8) is 0 Å². The number of thioether (sulfide) groups is 1. The highest BCUT2D eigenvalue weighted by Crippen LogP contribution is 2.63. The van der Waals surface area contributed by atoms with Gasteiger partial charge in [-0.05, 0) is 54.7 Å². The lowest BCUT2D eigenvalue weighted by molar-refractivity contribution is 0.307. The van der Waals surface area contributed by atoms with E-state index in [4.69, 9.17) is 0 Å². The van der Waals surface area contributed by atoms with Crippen LogP contribution in [-0.2, 0) is 0 Å². The number of fused-ring (bicyclic) bond motifs is 6. The largest absolute Gasteiger partial charge is 0.378 e. The molecule has 1 N–H and O–H groups in total. The summed E-state index contributed by atoms with van der Waals surface area (Å²) in [4.78, 5) is 18.7. The lowest BCUT2D eigenvalue weighted by Gasteiger charge is -2.40. The van der Waals surface area contributed by atoms with Gasteiger partial charge in [0.25, 0.3) is 0 Å². The molecule has 0 spiro atoms. The first kappa shape index (κ1) is 15.1. The molecule has 3 nitrogen and oxygen atoms in total. The van der Waals surface area contributed by atoms with Crippen LogP contribution in [0.1, 0.15) is 35.6 Å². The third-order valence-electron chi connectivity index (χ3n) is 6.23. The molecule has 0 unspecified atom stereocenters. The number of thiazole rings is 1. The number of anilines is 1. The molecule has 2 fully saturated rings. The van der Waals surface area contributed by atoms with E-state index in [9.17, 15) is 4.79 Å². The van der Waals surface area contributed by atoms with Crippen LogP contribution < -0.4 is 9.77 Å². The summed E-state index contributed by atoms with van der Waals surface area (Å²) in [6.45, 7) is 0. The fourth-order valence-corrected chi connectivity index (χ4v) is 8.10. The predicted molar refractivity (Wildman–Crippen MR) is 102 cm³/mol. The third kappa shape index (κ3) is 2.14. The summed E-state index contributed by atoms with van der Waals surface area (Å²) in [6.07, 6.45) is 4.16. The zero-order valence-corrected chi connectivity index (χ0v) is 15.6. The average Bonchev–Trinajstić information content (AvgIpc) is 3.26. The fourth-order valence-electron chi connectivity index (χ4n) is 5.20. The van der Waals surface area contributed by atoms with Crippen molar-refractivity contribution in [1.82, 2.24) is 4.98 Å². The topological polar surface area (TPSA) is 36.1 Å². The first-order chi connectivity index (χ1) is 11.6. The van der Waals surface area contributed by atoms with Gasteiger partial charge >= 0.3 is 4.87 Å². The van der Waals surface area contributed by atoms with E-state index >= 15 is 0 Å². The summed E-state index contributed by atoms with van der Waals surface area (Å²) >= 11 is 3.40. The van der Waals surface area contributed by atoms with Crippen LogP contribution in [0, 0.1) is 17.8 Å². The van der Waals surface area contributed by atoms with Crippen LogP contribution >= 0.6 is 23.1 Å². The molecule has 3 aliphatic rings. The Morgan fingerprint density at radius 2 is 1.88 bits per heavy atom. The van der Waals surface area contributed by atoms with Crippen molar-refractivity contribution in [1.29, 1.82) is 0 Å². The molecule has 1 aliphatic heterocycles. The van der Waals surface area contributed by atoms with E-state index in [1.807, 2.05) is 11.8 Å². The molecule has 2 heterocycles. The molecule has 0 amide bonds. The number of hydrogen-bond donors (Lipinski definition) is 1. The van der Waals surface area contributed by atoms with Gasteiger partial charge in [-0.15, -0.1) is 11.8 Å². The number of aromatic amines is 1. The molecule has 1 aromatic heterocycles. The fraction of sp³-hybridized carbons (Fsp3) is 0.526. The number of nitrogens with one attached hydrogen (secondary N) is 1. The Morgan fingerprint density at radius 1 is 1.12 bits per heavy atom. The highest BCUT2D eigenvalue weighted by molar-refractivity contribution is 8.00. The van der Waals surface area contributed by atoms with E-state index in [1.165, 1.54) is 46.7 Å². The SMILES string of the molecule is CN(C)c1ccc([C@H]2c3sc(=O)[nH]c3S[C@@H]3[C@H]4CC[C@@H](C4)[C@H]23)cc1. The van der Waals surface area contributed by atoms with Crippen LogP contribution in [0.2, 0.25) is 0 Å². The summed E-state index contributed by atoms with van der Waals surface area (Å²) in [7, 11) is 4.16. The van der Waals surface area contributed by atoms with Crippen LogP contribution in [0.3, 0.4) is 0 Å². The molecule has 1 aromatic carbocycles. The molecule has 0 radical (unpaired) electrons. The lowest BCUT2D eigenvalue weighted by atomic mass is 9.75. The van der Waals surface area contributed by atoms with Crippen LogP contribution in [0.4, 0.5) is 5.69 Å². The first-order valence-corrected chi connectivity index (χ1v) is 10.5. The van der Waals surface area contributed by atoms with E-state index in [0.29, 0.717) is 17.1 Å². The number of benzene rings is 1. The van der Waals surface area contributed by atoms with Gasteiger partial charge in [-0.25, -0.2) is 0 Å². The Labute approximate surface area is 150 Å². The molecule has 5 rings (SSSR count). The Kier molecular flexibility index (Phi) is 3.39. The third-order valence-corrected chi connectivity index (χ3v) is 8.86. The van der Waals surface area contributed by atoms with Crippen molar-refractivity contribution >= 4 is 28.8 Å². The molecule has 2 saturated carbocycles. The molecular weight excluding hydrogens is 336 g/mol. The molecule has 2 aromatic rings. The molecule has 126 valence electrons. The van der Waals surface area contributed by atoms with E-state index in [-0.39, 0.29) is 4.87 Å². The Bertz CT molecular complexity index is 823. The summed E-state index contributed by atoms with van der Waals surface area (Å²) < 4.78 is 0. The molecule has 2 bridgehead atoms. The van der Waals surface area contributed by atoms with Crippen molar-refractivity contribution in [2.24, 2.45) is 17.8 Å². The van der Waals surface area contributed by atoms with Gasteiger partial charge in [0.05, 0.1) is 5.03 Å². The standard InChI is InChI=1S/C19H22N2OS2/c1-21(2)13-7-5-10(6-8-13)14-15-11-3-4-12(9-11)16(15)23-18-17(14)24-19(22)20-18/h5-8,11-12,14-16H,3-4,9H2,1-2H3,(H,20,22)/t11-,12-,14+,15+,16+/m0/s1. The van der Waals surface area contributed by atoms with Gasteiger partial charge in [-0.2, -0.15) is 0 Å². The quantitative estimate of drug-likeness (QED) is 0.876. The molecule has 24 heavy (non-hydrogen) atoms. The smallest absolute Gasteiger partial charge is 0.305 e. The van der Waals surface area contributed by atoms with Gasteiger partial charge in [-0.1, -0.05) is 23.5 Å². The Hall–Kier alpha value is -1.20. The van der Waals surface area contributed by atoms with Gasteiger partial charge in [0.2, 0.25) is 0 Å². The molecule has 2 aliphatic carbocycles. The minimum Gasteiger partial charge on any atom is -0.378 e. The summed E-state index contributed by atoms with van der Waals surface area (Å²) in [5, 5.41) is 1.85. The van der Waals surface area contributed by atoms with E-state index < -0.39 is 0 Å². The average molecular weight is 359 g/mol. The van der Waals surface area contributed by atoms with Crippen LogP contribution in [-0.4, -0.2) is 24.3 Å². The number of H-pyrrole nitrogens is 1. The van der Waals surface area contributed by atoms with Crippen molar-refractivity contribution < 1.29 is 0 Å². The number of nitrogens with zero attached hydrogens (tertiary/aromatic N) is 1. The second-order valence-electron chi connectivity index (χ2n) is 7.66. The summed E-state index contributed by atoms with van der Waals surface area (Å²) in [5.74, 6) is 2.81.